The van der Waals surface area contributed by atoms with Crippen LogP contribution in [0.1, 0.15) is 26.7 Å². The number of nitrogens with zero attached hydrogens (tertiary/aromatic N) is 3. The third kappa shape index (κ3) is 3.35. The highest BCUT2D eigenvalue weighted by molar-refractivity contribution is 5.35. The van der Waals surface area contributed by atoms with E-state index in [1.807, 2.05) is 6.92 Å². The summed E-state index contributed by atoms with van der Waals surface area (Å²) in [6.07, 6.45) is 5.94. The molecule has 1 fully saturated rings. The van der Waals surface area contributed by atoms with Gasteiger partial charge in [0.1, 0.15) is 0 Å². The average Bonchev–Trinajstić information content (AvgIpc) is 2.46. The van der Waals surface area contributed by atoms with E-state index in [-0.39, 0.29) is 5.56 Å². The van der Waals surface area contributed by atoms with Crippen LogP contribution in [0.15, 0.2) is 17.2 Å². The first-order valence-corrected chi connectivity index (χ1v) is 7.27. The van der Waals surface area contributed by atoms with Crippen molar-refractivity contribution in [2.24, 2.45) is 5.92 Å². The lowest BCUT2D eigenvalue weighted by atomic mass is 9.99. The minimum atomic E-state index is 0.0237. The molecular formula is C14H24N4O. The molecule has 19 heavy (non-hydrogen) atoms. The molecule has 1 saturated heterocycles. The molecule has 0 saturated carbocycles. The molecule has 0 radical (unpaired) electrons. The normalized spacial score (nSPS) is 19.4. The van der Waals surface area contributed by atoms with E-state index >= 15 is 0 Å². The van der Waals surface area contributed by atoms with E-state index < -0.39 is 0 Å². The van der Waals surface area contributed by atoms with Crippen LogP contribution in [0.25, 0.3) is 0 Å². The van der Waals surface area contributed by atoms with E-state index in [1.165, 1.54) is 12.8 Å². The Morgan fingerprint density at radius 3 is 3.00 bits per heavy atom. The minimum absolute atomic E-state index is 0.0237. The molecular weight excluding hydrogens is 240 g/mol. The molecule has 0 aromatic carbocycles. The maximum absolute atomic E-state index is 12.3. The predicted octanol–water partition coefficient (Wildman–Crippen LogP) is 1.09. The van der Waals surface area contributed by atoms with Crippen LogP contribution < -0.4 is 15.8 Å². The van der Waals surface area contributed by atoms with E-state index in [0.29, 0.717) is 18.3 Å². The predicted molar refractivity (Wildman–Crippen MR) is 77.7 cm³/mol. The summed E-state index contributed by atoms with van der Waals surface area (Å²) in [6, 6.07) is 0. The van der Waals surface area contributed by atoms with Crippen LogP contribution >= 0.6 is 0 Å². The Morgan fingerprint density at radius 1 is 1.53 bits per heavy atom. The van der Waals surface area contributed by atoms with Crippen LogP contribution in [0.4, 0.5) is 5.82 Å². The Kier molecular flexibility index (Phi) is 4.96. The number of piperidine rings is 1. The molecule has 5 heteroatoms. The fraction of sp³-hybridized carbons (Fsp3) is 0.714. The number of aryl methyl sites for hydroxylation is 1. The third-order valence-corrected chi connectivity index (χ3v) is 3.80. The first-order valence-electron chi connectivity index (χ1n) is 7.27. The SMILES string of the molecule is CCN(CC1CCCNC1)c1nccn(CC)c1=O. The minimum Gasteiger partial charge on any atom is -0.352 e. The molecule has 1 aliphatic heterocycles. The van der Waals surface area contributed by atoms with Gasteiger partial charge in [0.2, 0.25) is 0 Å². The first kappa shape index (κ1) is 14.1. The van der Waals surface area contributed by atoms with Crippen molar-refractivity contribution in [2.45, 2.75) is 33.2 Å². The van der Waals surface area contributed by atoms with E-state index in [1.54, 1.807) is 17.0 Å². The molecule has 2 heterocycles. The summed E-state index contributed by atoms with van der Waals surface area (Å²) >= 11 is 0. The summed E-state index contributed by atoms with van der Waals surface area (Å²) in [5.41, 5.74) is 0.0237. The fourth-order valence-electron chi connectivity index (χ4n) is 2.66. The molecule has 0 bridgehead atoms. The van der Waals surface area contributed by atoms with Crippen molar-refractivity contribution in [1.82, 2.24) is 14.9 Å². The molecule has 1 atom stereocenters. The van der Waals surface area contributed by atoms with E-state index in [2.05, 4.69) is 22.1 Å². The van der Waals surface area contributed by atoms with Gasteiger partial charge in [-0.2, -0.15) is 0 Å². The van der Waals surface area contributed by atoms with Gasteiger partial charge in [0.25, 0.3) is 5.56 Å². The van der Waals surface area contributed by atoms with Crippen molar-refractivity contribution >= 4 is 5.82 Å². The lowest BCUT2D eigenvalue weighted by Crippen LogP contribution is -2.41. The molecule has 1 N–H and O–H groups in total. The second-order valence-electron chi connectivity index (χ2n) is 5.09. The van der Waals surface area contributed by atoms with Crippen LogP contribution in [-0.2, 0) is 6.54 Å². The van der Waals surface area contributed by atoms with Crippen molar-refractivity contribution in [1.29, 1.82) is 0 Å². The number of rotatable bonds is 5. The van der Waals surface area contributed by atoms with Gasteiger partial charge in [0.05, 0.1) is 0 Å². The standard InChI is InChI=1S/C14H24N4O/c1-3-17-9-8-16-13(14(17)19)18(4-2)11-12-6-5-7-15-10-12/h8-9,12,15H,3-7,10-11H2,1-2H3. The number of nitrogens with one attached hydrogen (secondary N) is 1. The quantitative estimate of drug-likeness (QED) is 0.865. The van der Waals surface area contributed by atoms with Crippen LogP contribution in [0.5, 0.6) is 0 Å². The Morgan fingerprint density at radius 2 is 2.37 bits per heavy atom. The Balaban J connectivity index is 2.14. The molecule has 0 amide bonds. The van der Waals surface area contributed by atoms with Crippen LogP contribution in [0, 0.1) is 5.92 Å². The van der Waals surface area contributed by atoms with Crippen LogP contribution in [-0.4, -0.2) is 35.7 Å². The molecule has 0 spiro atoms. The molecule has 1 aliphatic rings. The number of hydrogen-bond acceptors (Lipinski definition) is 4. The van der Waals surface area contributed by atoms with Gasteiger partial charge < -0.3 is 14.8 Å². The van der Waals surface area contributed by atoms with Crippen molar-refractivity contribution in [3.63, 3.8) is 0 Å². The van der Waals surface area contributed by atoms with E-state index in [9.17, 15) is 4.79 Å². The highest BCUT2D eigenvalue weighted by Gasteiger charge is 2.19. The molecule has 2 rings (SSSR count). The molecule has 0 aliphatic carbocycles. The lowest BCUT2D eigenvalue weighted by molar-refractivity contribution is 0.377. The van der Waals surface area contributed by atoms with Gasteiger partial charge in [-0.05, 0) is 45.7 Å². The lowest BCUT2D eigenvalue weighted by Gasteiger charge is -2.29. The molecule has 1 unspecified atom stereocenters. The molecule has 5 nitrogen and oxygen atoms in total. The Labute approximate surface area is 114 Å². The van der Waals surface area contributed by atoms with E-state index in [0.717, 1.165) is 26.2 Å². The summed E-state index contributed by atoms with van der Waals surface area (Å²) < 4.78 is 1.71. The third-order valence-electron chi connectivity index (χ3n) is 3.80. The van der Waals surface area contributed by atoms with Crippen molar-refractivity contribution in [3.8, 4) is 0 Å². The molecule has 106 valence electrons. The molecule has 1 aromatic rings. The smallest absolute Gasteiger partial charge is 0.293 e. The first-order chi connectivity index (χ1) is 9.26. The Hall–Kier alpha value is -1.36. The molecule has 1 aromatic heterocycles. The summed E-state index contributed by atoms with van der Waals surface area (Å²) in [5, 5.41) is 3.42. The number of anilines is 1. The van der Waals surface area contributed by atoms with Gasteiger partial charge in [-0.15, -0.1) is 0 Å². The fourth-order valence-corrected chi connectivity index (χ4v) is 2.66. The van der Waals surface area contributed by atoms with Crippen molar-refractivity contribution in [3.05, 3.63) is 22.7 Å². The van der Waals surface area contributed by atoms with Crippen molar-refractivity contribution < 1.29 is 0 Å². The summed E-state index contributed by atoms with van der Waals surface area (Å²) in [5.74, 6) is 1.21. The summed E-state index contributed by atoms with van der Waals surface area (Å²) in [6.45, 7) is 8.66. The van der Waals surface area contributed by atoms with Gasteiger partial charge in [-0.25, -0.2) is 4.98 Å². The van der Waals surface area contributed by atoms with Gasteiger partial charge in [0.15, 0.2) is 5.82 Å². The summed E-state index contributed by atoms with van der Waals surface area (Å²) in [7, 11) is 0. The second-order valence-corrected chi connectivity index (χ2v) is 5.09. The van der Waals surface area contributed by atoms with E-state index in [4.69, 9.17) is 0 Å². The summed E-state index contributed by atoms with van der Waals surface area (Å²) in [4.78, 5) is 18.7. The highest BCUT2D eigenvalue weighted by atomic mass is 16.1. The highest BCUT2D eigenvalue weighted by Crippen LogP contribution is 2.14. The number of hydrogen-bond donors (Lipinski definition) is 1. The van der Waals surface area contributed by atoms with Crippen molar-refractivity contribution in [2.75, 3.05) is 31.1 Å². The largest absolute Gasteiger partial charge is 0.352 e. The van der Waals surface area contributed by atoms with Gasteiger partial charge in [0, 0.05) is 32.0 Å². The second kappa shape index (κ2) is 6.70. The van der Waals surface area contributed by atoms with Crippen LogP contribution in [0.3, 0.4) is 0 Å². The van der Waals surface area contributed by atoms with Gasteiger partial charge >= 0.3 is 0 Å². The monoisotopic (exact) mass is 264 g/mol. The maximum Gasteiger partial charge on any atom is 0.293 e. The maximum atomic E-state index is 12.3. The van der Waals surface area contributed by atoms with Crippen LogP contribution in [0.2, 0.25) is 0 Å². The zero-order valence-electron chi connectivity index (χ0n) is 11.9. The zero-order valence-corrected chi connectivity index (χ0v) is 11.9. The zero-order chi connectivity index (χ0) is 13.7. The Bertz CT molecular complexity index is 451. The topological polar surface area (TPSA) is 50.2 Å². The van der Waals surface area contributed by atoms with Gasteiger partial charge in [-0.3, -0.25) is 4.79 Å². The average molecular weight is 264 g/mol. The number of aromatic nitrogens is 2. The van der Waals surface area contributed by atoms with Gasteiger partial charge in [-0.1, -0.05) is 0 Å².